The first kappa shape index (κ1) is 11.1. The minimum Gasteiger partial charge on any atom is -0.298 e. The Morgan fingerprint density at radius 1 is 1.36 bits per heavy atom. The third-order valence-corrected chi connectivity index (χ3v) is 2.22. The van der Waals surface area contributed by atoms with Crippen molar-refractivity contribution < 1.29 is 9.18 Å². The van der Waals surface area contributed by atoms with Crippen molar-refractivity contribution in [1.82, 2.24) is 0 Å². The smallest absolute Gasteiger partial charge is 0.153 e. The van der Waals surface area contributed by atoms with Gasteiger partial charge in [-0.05, 0) is 12.5 Å². The second kappa shape index (κ2) is 5.70. The third kappa shape index (κ3) is 2.77. The molecule has 0 heterocycles. The van der Waals surface area contributed by atoms with Crippen molar-refractivity contribution in [3.8, 4) is 0 Å². The maximum Gasteiger partial charge on any atom is 0.153 e. The van der Waals surface area contributed by atoms with E-state index in [1.807, 2.05) is 6.08 Å². The molecule has 0 aromatic heterocycles. The molecule has 74 valence electrons. The van der Waals surface area contributed by atoms with Crippen LogP contribution in [0.1, 0.15) is 22.3 Å². The van der Waals surface area contributed by atoms with Crippen molar-refractivity contribution in [2.24, 2.45) is 0 Å². The van der Waals surface area contributed by atoms with Gasteiger partial charge in [0.1, 0.15) is 5.82 Å². The summed E-state index contributed by atoms with van der Waals surface area (Å²) in [5, 5.41) is 0.846. The highest BCUT2D eigenvalue weighted by atomic mass is 79.9. The number of alkyl halides is 1. The van der Waals surface area contributed by atoms with Crippen molar-refractivity contribution in [2.45, 2.75) is 6.42 Å². The molecule has 0 N–H and O–H groups in total. The van der Waals surface area contributed by atoms with Gasteiger partial charge in [0.2, 0.25) is 0 Å². The van der Waals surface area contributed by atoms with Crippen LogP contribution in [-0.2, 0) is 0 Å². The largest absolute Gasteiger partial charge is 0.298 e. The number of hydrogen-bond acceptors (Lipinski definition) is 1. The van der Waals surface area contributed by atoms with Gasteiger partial charge in [-0.15, -0.1) is 0 Å². The molecule has 0 saturated carbocycles. The van der Waals surface area contributed by atoms with Crippen LogP contribution >= 0.6 is 15.9 Å². The fraction of sp³-hybridized carbons (Fsp3) is 0.182. The Labute approximate surface area is 90.8 Å². The van der Waals surface area contributed by atoms with Crippen LogP contribution in [0.3, 0.4) is 0 Å². The first-order chi connectivity index (χ1) is 6.79. The van der Waals surface area contributed by atoms with E-state index >= 15 is 0 Å². The number of rotatable bonds is 4. The van der Waals surface area contributed by atoms with Crippen LogP contribution < -0.4 is 0 Å². The predicted octanol–water partition coefficient (Wildman–Crippen LogP) is 3.44. The van der Waals surface area contributed by atoms with Gasteiger partial charge in [0.05, 0.1) is 5.56 Å². The lowest BCUT2D eigenvalue weighted by molar-refractivity contribution is 0.112. The number of carbonyl (C=O) groups is 1. The number of aldehydes is 1. The average molecular weight is 257 g/mol. The first-order valence-corrected chi connectivity index (χ1v) is 5.38. The molecule has 1 aromatic rings. The summed E-state index contributed by atoms with van der Waals surface area (Å²) in [7, 11) is 0. The highest BCUT2D eigenvalue weighted by Crippen LogP contribution is 2.13. The highest BCUT2D eigenvalue weighted by Gasteiger charge is 2.03. The highest BCUT2D eigenvalue weighted by molar-refractivity contribution is 9.09. The summed E-state index contributed by atoms with van der Waals surface area (Å²) >= 11 is 3.27. The van der Waals surface area contributed by atoms with Gasteiger partial charge >= 0.3 is 0 Å². The molecule has 0 aliphatic carbocycles. The zero-order chi connectivity index (χ0) is 10.4. The Balaban J connectivity index is 2.92. The quantitative estimate of drug-likeness (QED) is 0.596. The number of benzene rings is 1. The topological polar surface area (TPSA) is 17.1 Å². The summed E-state index contributed by atoms with van der Waals surface area (Å²) in [6.07, 6.45) is 4.91. The van der Waals surface area contributed by atoms with Crippen LogP contribution in [-0.4, -0.2) is 11.6 Å². The molecule has 1 rings (SSSR count). The minimum absolute atomic E-state index is 0.103. The molecule has 3 heteroatoms. The summed E-state index contributed by atoms with van der Waals surface area (Å²) in [5.41, 5.74) is 0.557. The van der Waals surface area contributed by atoms with E-state index in [0.717, 1.165) is 11.8 Å². The van der Waals surface area contributed by atoms with Crippen molar-refractivity contribution in [1.29, 1.82) is 0 Å². The maximum atomic E-state index is 13.4. The number of hydrogen-bond donors (Lipinski definition) is 0. The van der Waals surface area contributed by atoms with E-state index in [0.29, 0.717) is 11.8 Å². The first-order valence-electron chi connectivity index (χ1n) is 4.25. The second-order valence-electron chi connectivity index (χ2n) is 2.75. The summed E-state index contributed by atoms with van der Waals surface area (Å²) in [4.78, 5) is 10.4. The molecule has 0 saturated heterocycles. The third-order valence-electron chi connectivity index (χ3n) is 1.76. The second-order valence-corrected chi connectivity index (χ2v) is 3.54. The summed E-state index contributed by atoms with van der Waals surface area (Å²) in [6.45, 7) is 0. The molecule has 0 aliphatic heterocycles. The van der Waals surface area contributed by atoms with E-state index < -0.39 is 5.82 Å². The molecule has 1 aromatic carbocycles. The molecule has 1 nitrogen and oxygen atoms in total. The lowest BCUT2D eigenvalue weighted by atomic mass is 10.1. The maximum absolute atomic E-state index is 13.4. The Morgan fingerprint density at radius 2 is 2.07 bits per heavy atom. The van der Waals surface area contributed by atoms with Crippen molar-refractivity contribution in [3.63, 3.8) is 0 Å². The monoisotopic (exact) mass is 256 g/mol. The predicted molar refractivity (Wildman–Crippen MR) is 59.2 cm³/mol. The van der Waals surface area contributed by atoms with E-state index in [9.17, 15) is 9.18 Å². The van der Waals surface area contributed by atoms with Gasteiger partial charge < -0.3 is 0 Å². The Morgan fingerprint density at radius 3 is 2.71 bits per heavy atom. The summed E-state index contributed by atoms with van der Waals surface area (Å²) in [6, 6.07) is 4.78. The molecule has 0 atom stereocenters. The molecule has 0 bridgehead atoms. The molecular weight excluding hydrogens is 247 g/mol. The van der Waals surface area contributed by atoms with Crippen molar-refractivity contribution >= 4 is 28.3 Å². The van der Waals surface area contributed by atoms with Crippen LogP contribution in [0.2, 0.25) is 0 Å². The minimum atomic E-state index is -0.451. The van der Waals surface area contributed by atoms with Crippen LogP contribution in [0.15, 0.2) is 24.3 Å². The van der Waals surface area contributed by atoms with Crippen molar-refractivity contribution in [3.05, 3.63) is 41.2 Å². The molecular formula is C11H10BrFO. The molecule has 0 spiro atoms. The average Bonchev–Trinajstić information content (AvgIpc) is 2.21. The lowest BCUT2D eigenvalue weighted by Gasteiger charge is -1.98. The molecule has 0 amide bonds. The normalized spacial score (nSPS) is 10.7. The van der Waals surface area contributed by atoms with Gasteiger partial charge in [-0.25, -0.2) is 4.39 Å². The summed E-state index contributed by atoms with van der Waals surface area (Å²) < 4.78 is 13.4. The van der Waals surface area contributed by atoms with Crippen LogP contribution in [0.25, 0.3) is 6.08 Å². The lowest BCUT2D eigenvalue weighted by Crippen LogP contribution is -1.90. The van der Waals surface area contributed by atoms with Gasteiger partial charge in [0.25, 0.3) is 0 Å². The number of allylic oxidation sites excluding steroid dienone is 1. The molecule has 0 aliphatic rings. The Kier molecular flexibility index (Phi) is 4.53. The number of halogens is 2. The van der Waals surface area contributed by atoms with E-state index in [-0.39, 0.29) is 5.56 Å². The van der Waals surface area contributed by atoms with Gasteiger partial charge in [0.15, 0.2) is 6.29 Å². The summed E-state index contributed by atoms with van der Waals surface area (Å²) in [5.74, 6) is -0.451. The van der Waals surface area contributed by atoms with E-state index in [4.69, 9.17) is 0 Å². The number of carbonyl (C=O) groups excluding carboxylic acids is 1. The van der Waals surface area contributed by atoms with Gasteiger partial charge in [-0.1, -0.05) is 40.2 Å². The molecule has 14 heavy (non-hydrogen) atoms. The van der Waals surface area contributed by atoms with Crippen LogP contribution in [0.4, 0.5) is 4.39 Å². The van der Waals surface area contributed by atoms with Crippen molar-refractivity contribution in [2.75, 3.05) is 5.33 Å². The Hall–Kier alpha value is -0.960. The molecule has 0 radical (unpaired) electrons. The molecule has 0 unspecified atom stereocenters. The van der Waals surface area contributed by atoms with Crippen LogP contribution in [0.5, 0.6) is 0 Å². The fourth-order valence-electron chi connectivity index (χ4n) is 1.06. The SMILES string of the molecule is O=Cc1cccc(C=CCCBr)c1F. The van der Waals surface area contributed by atoms with E-state index in [2.05, 4.69) is 15.9 Å². The standard InChI is InChI=1S/C11H10BrFO/c12-7-2-1-4-9-5-3-6-10(8-14)11(9)13/h1,3-6,8H,2,7H2. The van der Waals surface area contributed by atoms with E-state index in [1.54, 1.807) is 18.2 Å². The van der Waals surface area contributed by atoms with Crippen LogP contribution in [0, 0.1) is 5.82 Å². The van der Waals surface area contributed by atoms with Gasteiger partial charge in [0, 0.05) is 10.9 Å². The Bertz CT molecular complexity index is 347. The molecule has 0 fully saturated rings. The van der Waals surface area contributed by atoms with Gasteiger partial charge in [-0.3, -0.25) is 4.79 Å². The van der Waals surface area contributed by atoms with Gasteiger partial charge in [-0.2, -0.15) is 0 Å². The fourth-order valence-corrected chi connectivity index (χ4v) is 1.33. The zero-order valence-corrected chi connectivity index (χ0v) is 9.13. The zero-order valence-electron chi connectivity index (χ0n) is 7.54. The van der Waals surface area contributed by atoms with E-state index in [1.165, 1.54) is 6.07 Å².